The van der Waals surface area contributed by atoms with E-state index < -0.39 is 15.8 Å². The van der Waals surface area contributed by atoms with Gasteiger partial charge in [0.15, 0.2) is 0 Å². The molecule has 0 heterocycles. The number of rotatable bonds is 4. The number of hydrogen-bond donors (Lipinski definition) is 2. The first-order valence-electron chi connectivity index (χ1n) is 5.70. The molecule has 0 spiro atoms. The summed E-state index contributed by atoms with van der Waals surface area (Å²) in [5.41, 5.74) is 0.336. The lowest BCUT2D eigenvalue weighted by Gasteiger charge is -2.12. The molecule has 0 bridgehead atoms. The fraction of sp³-hybridized carbons (Fsp3) is 0.0769. The lowest BCUT2D eigenvalue weighted by molar-refractivity contribution is 0.281. The Labute approximate surface area is 131 Å². The Morgan fingerprint density at radius 2 is 1.76 bits per heavy atom. The summed E-state index contributed by atoms with van der Waals surface area (Å²) in [5, 5.41) is 8.74. The first-order chi connectivity index (χ1) is 9.83. The molecule has 0 amide bonds. The highest BCUT2D eigenvalue weighted by atomic mass is 35.5. The molecule has 0 saturated heterocycles. The van der Waals surface area contributed by atoms with Gasteiger partial charge in [0, 0.05) is 0 Å². The number of aliphatic hydroxyl groups is 1. The van der Waals surface area contributed by atoms with Crippen LogP contribution in [0.4, 0.5) is 10.1 Å². The molecule has 0 saturated carbocycles. The number of anilines is 1. The van der Waals surface area contributed by atoms with Crippen molar-refractivity contribution < 1.29 is 17.9 Å². The van der Waals surface area contributed by atoms with Crippen molar-refractivity contribution in [3.8, 4) is 0 Å². The van der Waals surface area contributed by atoms with E-state index in [2.05, 4.69) is 4.72 Å². The van der Waals surface area contributed by atoms with Crippen molar-refractivity contribution in [2.24, 2.45) is 0 Å². The Morgan fingerprint density at radius 1 is 1.14 bits per heavy atom. The highest BCUT2D eigenvalue weighted by Gasteiger charge is 2.18. The fourth-order valence-electron chi connectivity index (χ4n) is 1.64. The summed E-state index contributed by atoms with van der Waals surface area (Å²) >= 11 is 11.6. The normalized spacial score (nSPS) is 11.4. The Morgan fingerprint density at radius 3 is 2.33 bits per heavy atom. The zero-order valence-corrected chi connectivity index (χ0v) is 12.8. The van der Waals surface area contributed by atoms with Crippen molar-refractivity contribution in [3.05, 3.63) is 57.8 Å². The summed E-state index contributed by atoms with van der Waals surface area (Å²) in [5.74, 6) is -0.671. The van der Waals surface area contributed by atoms with Gasteiger partial charge in [-0.05, 0) is 29.8 Å². The average molecular weight is 350 g/mol. The van der Waals surface area contributed by atoms with Gasteiger partial charge in [-0.25, -0.2) is 12.8 Å². The van der Waals surface area contributed by atoms with Crippen LogP contribution in [0.25, 0.3) is 0 Å². The van der Waals surface area contributed by atoms with Gasteiger partial charge in [0.1, 0.15) is 5.82 Å². The van der Waals surface area contributed by atoms with Crippen LogP contribution in [0, 0.1) is 5.82 Å². The lowest BCUT2D eigenvalue weighted by Crippen LogP contribution is -2.14. The minimum absolute atomic E-state index is 0.0643. The topological polar surface area (TPSA) is 66.4 Å². The molecule has 8 heteroatoms. The predicted molar refractivity (Wildman–Crippen MR) is 79.6 cm³/mol. The third-order valence-corrected chi connectivity index (χ3v) is 4.58. The predicted octanol–water partition coefficient (Wildman–Crippen LogP) is 3.43. The monoisotopic (exact) mass is 349 g/mol. The van der Waals surface area contributed by atoms with E-state index in [9.17, 15) is 12.8 Å². The van der Waals surface area contributed by atoms with E-state index in [0.717, 1.165) is 12.1 Å². The molecule has 2 N–H and O–H groups in total. The zero-order valence-electron chi connectivity index (χ0n) is 10.5. The van der Waals surface area contributed by atoms with E-state index in [0.29, 0.717) is 5.56 Å². The van der Waals surface area contributed by atoms with Crippen LogP contribution in [0.1, 0.15) is 5.56 Å². The Balaban J connectivity index is 2.42. The van der Waals surface area contributed by atoms with Gasteiger partial charge in [-0.15, -0.1) is 0 Å². The Kier molecular flexibility index (Phi) is 4.73. The summed E-state index contributed by atoms with van der Waals surface area (Å²) in [4.78, 5) is -0.0643. The second-order valence-electron chi connectivity index (χ2n) is 4.16. The van der Waals surface area contributed by atoms with Gasteiger partial charge >= 0.3 is 0 Å². The SMILES string of the molecule is O=S(=O)(Nc1c(Cl)cc(F)cc1Cl)c1cccc(CO)c1. The van der Waals surface area contributed by atoms with Gasteiger partial charge in [-0.2, -0.15) is 0 Å². The van der Waals surface area contributed by atoms with Crippen molar-refractivity contribution in [1.82, 2.24) is 0 Å². The van der Waals surface area contributed by atoms with Gasteiger partial charge < -0.3 is 5.11 Å². The molecular weight excluding hydrogens is 340 g/mol. The first kappa shape index (κ1) is 16.0. The van der Waals surface area contributed by atoms with Crippen LogP contribution in [-0.4, -0.2) is 13.5 Å². The van der Waals surface area contributed by atoms with E-state index in [1.54, 1.807) is 6.07 Å². The summed E-state index contributed by atoms with van der Waals surface area (Å²) in [7, 11) is -3.96. The number of hydrogen-bond acceptors (Lipinski definition) is 3. The Hall–Kier alpha value is -1.34. The van der Waals surface area contributed by atoms with E-state index in [1.165, 1.54) is 18.2 Å². The van der Waals surface area contributed by atoms with Gasteiger partial charge in [-0.3, -0.25) is 4.72 Å². The molecule has 0 aliphatic carbocycles. The van der Waals surface area contributed by atoms with Crippen molar-refractivity contribution in [2.75, 3.05) is 4.72 Å². The van der Waals surface area contributed by atoms with E-state index >= 15 is 0 Å². The molecule has 2 rings (SSSR count). The number of sulfonamides is 1. The highest BCUT2D eigenvalue weighted by molar-refractivity contribution is 7.92. The number of aliphatic hydroxyl groups excluding tert-OH is 1. The van der Waals surface area contributed by atoms with Crippen molar-refractivity contribution in [1.29, 1.82) is 0 Å². The summed E-state index contributed by atoms with van der Waals surface area (Å²) in [6.07, 6.45) is 0. The molecule has 21 heavy (non-hydrogen) atoms. The maximum Gasteiger partial charge on any atom is 0.261 e. The largest absolute Gasteiger partial charge is 0.392 e. The summed E-state index contributed by atoms with van der Waals surface area (Å²) in [6.45, 7) is -0.290. The molecule has 112 valence electrons. The quantitative estimate of drug-likeness (QED) is 0.888. The molecule has 0 unspecified atom stereocenters. The molecule has 2 aromatic rings. The minimum Gasteiger partial charge on any atom is -0.392 e. The van der Waals surface area contributed by atoms with Gasteiger partial charge in [0.25, 0.3) is 10.0 Å². The average Bonchev–Trinajstić information content (AvgIpc) is 2.43. The van der Waals surface area contributed by atoms with Crippen LogP contribution >= 0.6 is 23.2 Å². The van der Waals surface area contributed by atoms with Gasteiger partial charge in [-0.1, -0.05) is 35.3 Å². The van der Waals surface area contributed by atoms with E-state index in [-0.39, 0.29) is 27.2 Å². The van der Waals surface area contributed by atoms with Crippen LogP contribution in [0.3, 0.4) is 0 Å². The van der Waals surface area contributed by atoms with E-state index in [1.807, 2.05) is 0 Å². The third-order valence-electron chi connectivity index (χ3n) is 2.63. The molecule has 0 radical (unpaired) electrons. The molecule has 2 aromatic carbocycles. The smallest absolute Gasteiger partial charge is 0.261 e. The molecule has 0 fully saturated rings. The van der Waals surface area contributed by atoms with Crippen molar-refractivity contribution in [3.63, 3.8) is 0 Å². The lowest BCUT2D eigenvalue weighted by atomic mass is 10.2. The molecule has 0 atom stereocenters. The van der Waals surface area contributed by atoms with E-state index in [4.69, 9.17) is 28.3 Å². The maximum atomic E-state index is 13.1. The maximum absolute atomic E-state index is 13.1. The van der Waals surface area contributed by atoms with Crippen LogP contribution in [0.5, 0.6) is 0 Å². The molecule has 0 aliphatic heterocycles. The van der Waals surface area contributed by atoms with Crippen molar-refractivity contribution in [2.45, 2.75) is 11.5 Å². The van der Waals surface area contributed by atoms with Crippen LogP contribution in [0.2, 0.25) is 10.0 Å². The van der Waals surface area contributed by atoms with Crippen LogP contribution in [0.15, 0.2) is 41.3 Å². The summed E-state index contributed by atoms with van der Waals surface area (Å²) in [6, 6.07) is 7.65. The molecule has 4 nitrogen and oxygen atoms in total. The second kappa shape index (κ2) is 6.19. The Bertz CT molecular complexity index is 758. The third kappa shape index (κ3) is 3.65. The highest BCUT2D eigenvalue weighted by Crippen LogP contribution is 2.33. The summed E-state index contributed by atoms with van der Waals surface area (Å²) < 4.78 is 39.8. The standard InChI is InChI=1S/C13H10Cl2FNO3S/c14-11-5-9(16)6-12(15)13(11)17-21(19,20)10-3-1-2-8(4-10)7-18/h1-6,17-18H,7H2. The molecule has 0 aliphatic rings. The second-order valence-corrected chi connectivity index (χ2v) is 6.65. The molecule has 0 aromatic heterocycles. The number of halogens is 3. The minimum atomic E-state index is -3.96. The number of benzene rings is 2. The van der Waals surface area contributed by atoms with Crippen molar-refractivity contribution >= 4 is 38.9 Å². The van der Waals surface area contributed by atoms with Gasteiger partial charge in [0.2, 0.25) is 0 Å². The number of nitrogens with one attached hydrogen (secondary N) is 1. The fourth-order valence-corrected chi connectivity index (χ4v) is 3.48. The van der Waals surface area contributed by atoms with Crippen LogP contribution < -0.4 is 4.72 Å². The molecular formula is C13H10Cl2FNO3S. The van der Waals surface area contributed by atoms with Crippen LogP contribution in [-0.2, 0) is 16.6 Å². The first-order valence-corrected chi connectivity index (χ1v) is 7.94. The van der Waals surface area contributed by atoms with Gasteiger partial charge in [0.05, 0.1) is 27.2 Å². The zero-order chi connectivity index (χ0) is 15.6.